The van der Waals surface area contributed by atoms with Crippen LogP contribution in [0.4, 0.5) is 5.69 Å². The number of ether oxygens (including phenoxy) is 2. The number of benzene rings is 2. The number of rotatable bonds is 4. The largest absolute Gasteiger partial charge is 0.504 e. The van der Waals surface area contributed by atoms with Crippen LogP contribution in [0.3, 0.4) is 0 Å². The van der Waals surface area contributed by atoms with E-state index in [4.69, 9.17) is 9.47 Å². The minimum absolute atomic E-state index is 0.0315. The smallest absolute Gasteiger partial charge is 0.225 e. The average Bonchev–Trinajstić information content (AvgIpc) is 3.11. The number of phenols is 1. The summed E-state index contributed by atoms with van der Waals surface area (Å²) >= 11 is 1.62. The Morgan fingerprint density at radius 1 is 1.11 bits per heavy atom. The molecule has 1 amide bonds. The van der Waals surface area contributed by atoms with Crippen molar-refractivity contribution in [1.29, 1.82) is 0 Å². The molecule has 0 saturated carbocycles. The first-order chi connectivity index (χ1) is 13.1. The maximum atomic E-state index is 12.4. The molecule has 27 heavy (non-hydrogen) atoms. The number of nitrogens with one attached hydrogen (secondary N) is 1. The van der Waals surface area contributed by atoms with E-state index in [-0.39, 0.29) is 17.6 Å². The van der Waals surface area contributed by atoms with Gasteiger partial charge < -0.3 is 19.9 Å². The van der Waals surface area contributed by atoms with Crippen molar-refractivity contribution in [3.63, 3.8) is 0 Å². The van der Waals surface area contributed by atoms with E-state index in [0.29, 0.717) is 12.2 Å². The third-order valence-electron chi connectivity index (χ3n) is 4.80. The van der Waals surface area contributed by atoms with Gasteiger partial charge in [0, 0.05) is 28.2 Å². The summed E-state index contributed by atoms with van der Waals surface area (Å²) < 4.78 is 10.3. The number of amides is 1. The van der Waals surface area contributed by atoms with E-state index < -0.39 is 0 Å². The fourth-order valence-corrected chi connectivity index (χ4v) is 4.56. The van der Waals surface area contributed by atoms with Gasteiger partial charge in [-0.15, -0.1) is 11.3 Å². The van der Waals surface area contributed by atoms with Gasteiger partial charge in [0.15, 0.2) is 11.5 Å². The highest BCUT2D eigenvalue weighted by Gasteiger charge is 2.30. The average molecular weight is 381 g/mol. The molecule has 1 atom stereocenters. The van der Waals surface area contributed by atoms with E-state index in [9.17, 15) is 9.90 Å². The molecule has 1 aromatic heterocycles. The van der Waals surface area contributed by atoms with Gasteiger partial charge in [0.05, 0.1) is 19.9 Å². The summed E-state index contributed by atoms with van der Waals surface area (Å²) in [5.74, 6) is 1.16. The molecule has 0 unspecified atom stereocenters. The van der Waals surface area contributed by atoms with Crippen molar-refractivity contribution in [1.82, 2.24) is 0 Å². The monoisotopic (exact) mass is 381 g/mol. The van der Waals surface area contributed by atoms with Crippen LogP contribution in [-0.4, -0.2) is 25.2 Å². The second-order valence-electron chi connectivity index (χ2n) is 6.35. The molecular formula is C21H19NO4S. The Morgan fingerprint density at radius 2 is 1.89 bits per heavy atom. The van der Waals surface area contributed by atoms with E-state index in [1.807, 2.05) is 30.3 Å². The molecule has 1 aliphatic rings. The molecule has 6 heteroatoms. The van der Waals surface area contributed by atoms with Crippen LogP contribution in [0.15, 0.2) is 47.8 Å². The fraction of sp³-hybridized carbons (Fsp3) is 0.190. The number of anilines is 1. The van der Waals surface area contributed by atoms with Crippen LogP contribution >= 0.6 is 11.3 Å². The number of carbonyl (C=O) groups excluding carboxylic acids is 1. The van der Waals surface area contributed by atoms with Crippen LogP contribution in [0.2, 0.25) is 0 Å². The maximum absolute atomic E-state index is 12.4. The van der Waals surface area contributed by atoms with Crippen LogP contribution in [0.5, 0.6) is 17.2 Å². The molecule has 3 aromatic rings. The topological polar surface area (TPSA) is 67.8 Å². The molecule has 1 aliphatic heterocycles. The van der Waals surface area contributed by atoms with Gasteiger partial charge in [-0.25, -0.2) is 0 Å². The molecule has 0 fully saturated rings. The Morgan fingerprint density at radius 3 is 2.56 bits per heavy atom. The highest BCUT2D eigenvalue weighted by Crippen LogP contribution is 2.47. The van der Waals surface area contributed by atoms with E-state index >= 15 is 0 Å². The lowest BCUT2D eigenvalue weighted by molar-refractivity contribution is -0.116. The van der Waals surface area contributed by atoms with Crippen molar-refractivity contribution in [3.8, 4) is 28.4 Å². The van der Waals surface area contributed by atoms with Gasteiger partial charge in [-0.05, 0) is 35.4 Å². The highest BCUT2D eigenvalue weighted by molar-refractivity contribution is 7.11. The number of phenolic OH excluding ortho intramolecular Hbond substituents is 1. The van der Waals surface area contributed by atoms with Gasteiger partial charge in [-0.3, -0.25) is 4.79 Å². The Bertz CT molecular complexity index is 994. The van der Waals surface area contributed by atoms with Crippen molar-refractivity contribution in [2.24, 2.45) is 0 Å². The summed E-state index contributed by atoms with van der Waals surface area (Å²) in [4.78, 5) is 13.5. The summed E-state index contributed by atoms with van der Waals surface area (Å²) in [7, 11) is 3.15. The van der Waals surface area contributed by atoms with Gasteiger partial charge in [0.2, 0.25) is 5.91 Å². The summed E-state index contributed by atoms with van der Waals surface area (Å²) in [6.45, 7) is 0. The van der Waals surface area contributed by atoms with Crippen LogP contribution in [0.1, 0.15) is 22.8 Å². The van der Waals surface area contributed by atoms with Crippen molar-refractivity contribution >= 4 is 22.9 Å². The summed E-state index contributed by atoms with van der Waals surface area (Å²) in [5.41, 5.74) is 3.76. The van der Waals surface area contributed by atoms with Crippen LogP contribution < -0.4 is 14.8 Å². The van der Waals surface area contributed by atoms with Gasteiger partial charge in [-0.2, -0.15) is 0 Å². The van der Waals surface area contributed by atoms with Crippen LogP contribution in [0, 0.1) is 0 Å². The molecule has 0 aliphatic carbocycles. The minimum Gasteiger partial charge on any atom is -0.504 e. The molecular weight excluding hydrogens is 362 g/mol. The first-order valence-electron chi connectivity index (χ1n) is 8.53. The predicted molar refractivity (Wildman–Crippen MR) is 106 cm³/mol. The molecule has 2 aromatic carbocycles. The molecule has 4 rings (SSSR count). The van der Waals surface area contributed by atoms with Crippen molar-refractivity contribution in [2.45, 2.75) is 12.3 Å². The second kappa shape index (κ2) is 6.96. The van der Waals surface area contributed by atoms with Gasteiger partial charge >= 0.3 is 0 Å². The zero-order valence-corrected chi connectivity index (χ0v) is 15.8. The lowest BCUT2D eigenvalue weighted by atomic mass is 9.89. The third kappa shape index (κ3) is 3.13. The third-order valence-corrected chi connectivity index (χ3v) is 5.89. The molecule has 0 radical (unpaired) electrons. The normalized spacial score (nSPS) is 15.8. The van der Waals surface area contributed by atoms with E-state index in [0.717, 1.165) is 33.0 Å². The Labute approximate surface area is 161 Å². The summed E-state index contributed by atoms with van der Waals surface area (Å²) in [6.07, 6.45) is 0.349. The lowest BCUT2D eigenvalue weighted by Gasteiger charge is -2.24. The van der Waals surface area contributed by atoms with Crippen molar-refractivity contribution < 1.29 is 19.4 Å². The first kappa shape index (κ1) is 17.4. The van der Waals surface area contributed by atoms with Crippen LogP contribution in [-0.2, 0) is 4.79 Å². The van der Waals surface area contributed by atoms with Gasteiger partial charge in [-0.1, -0.05) is 18.2 Å². The summed E-state index contributed by atoms with van der Waals surface area (Å²) in [5, 5.41) is 15.2. The second-order valence-corrected chi connectivity index (χ2v) is 7.26. The molecule has 2 N–H and O–H groups in total. The summed E-state index contributed by atoms with van der Waals surface area (Å²) in [6, 6.07) is 13.1. The molecule has 0 saturated heterocycles. The van der Waals surface area contributed by atoms with Gasteiger partial charge in [0.1, 0.15) is 5.75 Å². The zero-order chi connectivity index (χ0) is 19.0. The molecule has 5 nitrogen and oxygen atoms in total. The number of methoxy groups -OCH3 is 2. The number of thiophene rings is 1. The molecule has 0 bridgehead atoms. The maximum Gasteiger partial charge on any atom is 0.225 e. The fourth-order valence-electron chi connectivity index (χ4n) is 3.40. The van der Waals surface area contributed by atoms with Crippen LogP contribution in [0.25, 0.3) is 11.1 Å². The number of fused-ring (bicyclic) bond motifs is 1. The number of hydrogen-bond acceptors (Lipinski definition) is 5. The Hall–Kier alpha value is -2.99. The quantitative estimate of drug-likeness (QED) is 0.692. The Kier molecular flexibility index (Phi) is 4.49. The van der Waals surface area contributed by atoms with E-state index in [1.54, 1.807) is 30.6 Å². The van der Waals surface area contributed by atoms with E-state index in [1.165, 1.54) is 7.11 Å². The predicted octanol–water partition coefficient (Wildman–Crippen LogP) is 4.61. The lowest BCUT2D eigenvalue weighted by Crippen LogP contribution is -2.22. The molecule has 0 spiro atoms. The van der Waals surface area contributed by atoms with E-state index in [2.05, 4.69) is 10.7 Å². The van der Waals surface area contributed by atoms with Crippen molar-refractivity contribution in [2.75, 3.05) is 19.5 Å². The minimum atomic E-state index is -0.0949. The number of carbonyl (C=O) groups is 1. The highest BCUT2D eigenvalue weighted by atomic mass is 32.1. The first-order valence-corrected chi connectivity index (χ1v) is 9.41. The molecule has 138 valence electrons. The number of aromatic hydroxyl groups is 1. The number of hydrogen-bond donors (Lipinski definition) is 2. The SMILES string of the molecule is COc1ccc(-c2csc3c2NC(=O)C[C@H]3c2ccc(OC)c(O)c2)cc1. The standard InChI is InChI=1S/C21H19NO4S/c1-25-14-6-3-12(4-7-14)16-11-27-21-15(10-19(24)22-20(16)21)13-5-8-18(26-2)17(23)9-13/h3-9,11,15,23H,10H2,1-2H3,(H,22,24)/t15-/m0/s1. The Balaban J connectivity index is 1.76. The zero-order valence-electron chi connectivity index (χ0n) is 15.0. The van der Waals surface area contributed by atoms with Gasteiger partial charge in [0.25, 0.3) is 0 Å². The molecule has 2 heterocycles. The van der Waals surface area contributed by atoms with Crippen molar-refractivity contribution in [3.05, 3.63) is 58.3 Å².